The largest absolute Gasteiger partial charge is 0.361 e. The summed E-state index contributed by atoms with van der Waals surface area (Å²) in [6, 6.07) is 8.31. The summed E-state index contributed by atoms with van der Waals surface area (Å²) >= 11 is 0. The van der Waals surface area contributed by atoms with Gasteiger partial charge in [-0.3, -0.25) is 4.79 Å². The molecule has 1 aromatic heterocycles. The van der Waals surface area contributed by atoms with Gasteiger partial charge in [-0.1, -0.05) is 23.4 Å². The van der Waals surface area contributed by atoms with Crippen molar-refractivity contribution in [1.29, 1.82) is 0 Å². The molecular formula is C15H15FN2O2. The van der Waals surface area contributed by atoms with Crippen LogP contribution in [0.4, 0.5) is 4.39 Å². The van der Waals surface area contributed by atoms with Gasteiger partial charge in [0.25, 0.3) is 5.91 Å². The maximum atomic E-state index is 13.7. The number of hydrogen-bond donors (Lipinski definition) is 0. The molecule has 2 aromatic rings. The second-order valence-corrected chi connectivity index (χ2v) is 5.08. The second-order valence-electron chi connectivity index (χ2n) is 5.08. The minimum atomic E-state index is -0.290. The fourth-order valence-corrected chi connectivity index (χ4v) is 2.18. The summed E-state index contributed by atoms with van der Waals surface area (Å²) in [7, 11) is 0. The lowest BCUT2D eigenvalue weighted by Gasteiger charge is -2.21. The van der Waals surface area contributed by atoms with Crippen LogP contribution in [0.15, 0.2) is 34.9 Å². The van der Waals surface area contributed by atoms with E-state index < -0.39 is 0 Å². The van der Waals surface area contributed by atoms with Crippen molar-refractivity contribution >= 4 is 5.91 Å². The molecule has 1 fully saturated rings. The summed E-state index contributed by atoms with van der Waals surface area (Å²) in [5.41, 5.74) is 0.804. The van der Waals surface area contributed by atoms with E-state index in [1.54, 1.807) is 36.1 Å². The molecule has 1 heterocycles. The highest BCUT2D eigenvalue weighted by atomic mass is 19.1. The topological polar surface area (TPSA) is 46.3 Å². The van der Waals surface area contributed by atoms with Crippen LogP contribution < -0.4 is 0 Å². The first-order valence-corrected chi connectivity index (χ1v) is 6.63. The molecule has 1 aliphatic rings. The third-order valence-electron chi connectivity index (χ3n) is 3.39. The third-order valence-corrected chi connectivity index (χ3v) is 3.39. The molecule has 0 aliphatic heterocycles. The van der Waals surface area contributed by atoms with Gasteiger partial charge in [-0.15, -0.1) is 0 Å². The Balaban J connectivity index is 1.83. The predicted molar refractivity (Wildman–Crippen MR) is 70.5 cm³/mol. The Morgan fingerprint density at radius 1 is 1.45 bits per heavy atom. The first kappa shape index (κ1) is 12.8. The maximum Gasteiger partial charge on any atom is 0.276 e. The molecule has 0 unspecified atom stereocenters. The lowest BCUT2D eigenvalue weighted by molar-refractivity contribution is 0.0717. The van der Waals surface area contributed by atoms with E-state index in [0.29, 0.717) is 11.3 Å². The van der Waals surface area contributed by atoms with E-state index in [-0.39, 0.29) is 30.0 Å². The quantitative estimate of drug-likeness (QED) is 0.861. The Kier molecular flexibility index (Phi) is 3.26. The predicted octanol–water partition coefficient (Wildman–Crippen LogP) is 2.93. The van der Waals surface area contributed by atoms with E-state index in [1.165, 1.54) is 6.07 Å². The van der Waals surface area contributed by atoms with Crippen LogP contribution in [-0.4, -0.2) is 22.0 Å². The highest BCUT2D eigenvalue weighted by Gasteiger charge is 2.34. The highest BCUT2D eigenvalue weighted by molar-refractivity contribution is 5.92. The van der Waals surface area contributed by atoms with E-state index in [2.05, 4.69) is 5.16 Å². The van der Waals surface area contributed by atoms with Gasteiger partial charge in [0.1, 0.15) is 11.6 Å². The molecule has 1 aromatic carbocycles. The van der Waals surface area contributed by atoms with Gasteiger partial charge in [-0.2, -0.15) is 0 Å². The molecule has 104 valence electrons. The number of aromatic nitrogens is 1. The van der Waals surface area contributed by atoms with Gasteiger partial charge in [-0.25, -0.2) is 4.39 Å². The molecule has 1 amide bonds. The summed E-state index contributed by atoms with van der Waals surface area (Å²) in [4.78, 5) is 14.1. The summed E-state index contributed by atoms with van der Waals surface area (Å²) in [6.07, 6.45) is 1.91. The lowest BCUT2D eigenvalue weighted by Crippen LogP contribution is -2.33. The standard InChI is InChI=1S/C15H15FN2O2/c1-10-8-14(17-20-10)15(19)18(12-6-7-12)9-11-4-2-3-5-13(11)16/h2-5,8,12H,6-7,9H2,1H3. The molecule has 0 atom stereocenters. The zero-order chi connectivity index (χ0) is 14.1. The molecule has 5 heteroatoms. The smallest absolute Gasteiger partial charge is 0.276 e. The Morgan fingerprint density at radius 3 is 2.80 bits per heavy atom. The van der Waals surface area contributed by atoms with E-state index in [1.807, 2.05) is 0 Å². The van der Waals surface area contributed by atoms with Crippen molar-refractivity contribution in [3.05, 3.63) is 53.2 Å². The van der Waals surface area contributed by atoms with Crippen LogP contribution in [0.5, 0.6) is 0 Å². The molecular weight excluding hydrogens is 259 g/mol. The second kappa shape index (κ2) is 5.07. The average Bonchev–Trinajstić information content (AvgIpc) is 3.18. The van der Waals surface area contributed by atoms with Gasteiger partial charge >= 0.3 is 0 Å². The first-order chi connectivity index (χ1) is 9.65. The number of rotatable bonds is 4. The molecule has 0 N–H and O–H groups in total. The van der Waals surface area contributed by atoms with Gasteiger partial charge in [0.05, 0.1) is 0 Å². The van der Waals surface area contributed by atoms with Crippen LogP contribution in [-0.2, 0) is 6.54 Å². The zero-order valence-electron chi connectivity index (χ0n) is 11.2. The number of amides is 1. The van der Waals surface area contributed by atoms with Crippen LogP contribution >= 0.6 is 0 Å². The zero-order valence-corrected chi connectivity index (χ0v) is 11.2. The number of carbonyl (C=O) groups is 1. The number of nitrogens with zero attached hydrogens (tertiary/aromatic N) is 2. The van der Waals surface area contributed by atoms with Gasteiger partial charge < -0.3 is 9.42 Å². The van der Waals surface area contributed by atoms with Crippen molar-refractivity contribution in [2.75, 3.05) is 0 Å². The molecule has 0 spiro atoms. The van der Waals surface area contributed by atoms with Crippen molar-refractivity contribution in [2.45, 2.75) is 32.4 Å². The van der Waals surface area contributed by atoms with Gasteiger partial charge in [-0.05, 0) is 25.8 Å². The van der Waals surface area contributed by atoms with E-state index >= 15 is 0 Å². The van der Waals surface area contributed by atoms with Crippen molar-refractivity contribution in [1.82, 2.24) is 10.1 Å². The Hall–Kier alpha value is -2.17. The molecule has 0 radical (unpaired) electrons. The van der Waals surface area contributed by atoms with Gasteiger partial charge in [0.15, 0.2) is 5.69 Å². The summed E-state index contributed by atoms with van der Waals surface area (Å²) < 4.78 is 18.7. The molecule has 0 saturated heterocycles. The highest BCUT2D eigenvalue weighted by Crippen LogP contribution is 2.30. The van der Waals surface area contributed by atoms with Crippen LogP contribution in [0.3, 0.4) is 0 Å². The third kappa shape index (κ3) is 2.57. The Labute approximate surface area is 116 Å². The molecule has 20 heavy (non-hydrogen) atoms. The molecule has 3 rings (SSSR count). The van der Waals surface area contributed by atoms with Crippen LogP contribution in [0.2, 0.25) is 0 Å². The fourth-order valence-electron chi connectivity index (χ4n) is 2.18. The van der Waals surface area contributed by atoms with Gasteiger partial charge in [0, 0.05) is 24.2 Å². The van der Waals surface area contributed by atoms with E-state index in [0.717, 1.165) is 12.8 Å². The number of aryl methyl sites for hydroxylation is 1. The Morgan fingerprint density at radius 2 is 2.20 bits per heavy atom. The number of carbonyl (C=O) groups excluding carboxylic acids is 1. The van der Waals surface area contributed by atoms with Crippen molar-refractivity contribution in [3.63, 3.8) is 0 Å². The molecule has 0 bridgehead atoms. The first-order valence-electron chi connectivity index (χ1n) is 6.63. The van der Waals surface area contributed by atoms with E-state index in [4.69, 9.17) is 4.52 Å². The molecule has 4 nitrogen and oxygen atoms in total. The van der Waals surface area contributed by atoms with Crippen LogP contribution in [0, 0.1) is 12.7 Å². The van der Waals surface area contributed by atoms with Crippen LogP contribution in [0.25, 0.3) is 0 Å². The number of halogens is 1. The minimum absolute atomic E-state index is 0.180. The normalized spacial score (nSPS) is 14.3. The monoisotopic (exact) mass is 274 g/mol. The maximum absolute atomic E-state index is 13.7. The number of hydrogen-bond acceptors (Lipinski definition) is 3. The molecule has 1 aliphatic carbocycles. The average molecular weight is 274 g/mol. The fraction of sp³-hybridized carbons (Fsp3) is 0.333. The Bertz CT molecular complexity index is 634. The van der Waals surface area contributed by atoms with E-state index in [9.17, 15) is 9.18 Å². The summed E-state index contributed by atoms with van der Waals surface area (Å²) in [6.45, 7) is 2.00. The SMILES string of the molecule is Cc1cc(C(=O)N(Cc2ccccc2F)C2CC2)no1. The van der Waals surface area contributed by atoms with Crippen molar-refractivity contribution in [3.8, 4) is 0 Å². The lowest BCUT2D eigenvalue weighted by atomic mass is 10.2. The molecule has 1 saturated carbocycles. The van der Waals surface area contributed by atoms with Crippen molar-refractivity contribution in [2.24, 2.45) is 0 Å². The minimum Gasteiger partial charge on any atom is -0.361 e. The number of benzene rings is 1. The van der Waals surface area contributed by atoms with Crippen molar-refractivity contribution < 1.29 is 13.7 Å². The van der Waals surface area contributed by atoms with Crippen LogP contribution in [0.1, 0.15) is 34.7 Å². The van der Waals surface area contributed by atoms with Gasteiger partial charge in [0.2, 0.25) is 0 Å². The summed E-state index contributed by atoms with van der Waals surface area (Å²) in [5.74, 6) is 0.102. The summed E-state index contributed by atoms with van der Waals surface area (Å²) in [5, 5.41) is 3.75.